The molecule has 120 valence electrons. The number of ether oxygens (including phenoxy) is 2. The van der Waals surface area contributed by atoms with Gasteiger partial charge in [0, 0.05) is 11.5 Å². The van der Waals surface area contributed by atoms with Crippen LogP contribution in [0.1, 0.15) is 18.4 Å². The molecule has 0 spiro atoms. The summed E-state index contributed by atoms with van der Waals surface area (Å²) < 4.78 is 11.1. The van der Waals surface area contributed by atoms with Crippen molar-refractivity contribution in [3.05, 3.63) is 29.8 Å². The van der Waals surface area contributed by atoms with Crippen LogP contribution >= 0.6 is 0 Å². The lowest BCUT2D eigenvalue weighted by Crippen LogP contribution is -2.32. The first-order valence-electron chi connectivity index (χ1n) is 7.90. The molecule has 1 aromatic carbocycles. The maximum absolute atomic E-state index is 9.11. The monoisotopic (exact) mass is 311 g/mol. The Morgan fingerprint density at radius 1 is 1.30 bits per heavy atom. The zero-order chi connectivity index (χ0) is 16.2. The second kappa shape index (κ2) is 6.84. The molecule has 1 aliphatic rings. The highest BCUT2D eigenvalue weighted by Gasteiger charge is 2.17. The first-order valence-corrected chi connectivity index (χ1v) is 7.90. The van der Waals surface area contributed by atoms with E-state index < -0.39 is 0 Å². The number of pyridine rings is 1. The second-order valence-corrected chi connectivity index (χ2v) is 6.07. The van der Waals surface area contributed by atoms with Crippen LogP contribution in [-0.2, 0) is 0 Å². The van der Waals surface area contributed by atoms with Crippen LogP contribution in [0.4, 0.5) is 0 Å². The highest BCUT2D eigenvalue weighted by Crippen LogP contribution is 2.26. The van der Waals surface area contributed by atoms with Gasteiger partial charge in [-0.2, -0.15) is 5.26 Å². The van der Waals surface area contributed by atoms with Crippen molar-refractivity contribution in [2.45, 2.75) is 12.8 Å². The number of rotatable bonds is 4. The van der Waals surface area contributed by atoms with E-state index in [1.54, 1.807) is 6.07 Å². The van der Waals surface area contributed by atoms with Crippen molar-refractivity contribution < 1.29 is 9.47 Å². The molecular weight excluding hydrogens is 290 g/mol. The van der Waals surface area contributed by atoms with Gasteiger partial charge in [0.2, 0.25) is 5.88 Å². The third-order valence-electron chi connectivity index (χ3n) is 4.39. The summed E-state index contributed by atoms with van der Waals surface area (Å²) in [4.78, 5) is 6.76. The molecule has 0 atom stereocenters. The Morgan fingerprint density at radius 3 is 2.78 bits per heavy atom. The summed E-state index contributed by atoms with van der Waals surface area (Å²) in [5, 5.41) is 10.0. The lowest BCUT2D eigenvalue weighted by molar-refractivity contribution is 0.160. The quantitative estimate of drug-likeness (QED) is 0.869. The van der Waals surface area contributed by atoms with Gasteiger partial charge >= 0.3 is 0 Å². The Labute approximate surface area is 136 Å². The Bertz CT molecular complexity index is 731. The number of methoxy groups -OCH3 is 1. The maximum Gasteiger partial charge on any atom is 0.231 e. The molecular formula is C18H21N3O2. The Kier molecular flexibility index (Phi) is 4.63. The molecule has 2 heterocycles. The van der Waals surface area contributed by atoms with Crippen LogP contribution in [0.2, 0.25) is 0 Å². The van der Waals surface area contributed by atoms with Crippen LogP contribution in [0, 0.1) is 17.2 Å². The zero-order valence-corrected chi connectivity index (χ0v) is 13.6. The van der Waals surface area contributed by atoms with Crippen molar-refractivity contribution in [2.75, 3.05) is 33.9 Å². The van der Waals surface area contributed by atoms with Crippen molar-refractivity contribution in [3.8, 4) is 17.7 Å². The van der Waals surface area contributed by atoms with Crippen molar-refractivity contribution in [2.24, 2.45) is 5.92 Å². The fraction of sp³-hybridized carbons (Fsp3) is 0.444. The largest absolute Gasteiger partial charge is 0.493 e. The number of piperidine rings is 1. The third kappa shape index (κ3) is 3.54. The van der Waals surface area contributed by atoms with E-state index in [4.69, 9.17) is 14.7 Å². The minimum Gasteiger partial charge on any atom is -0.493 e. The van der Waals surface area contributed by atoms with Gasteiger partial charge in [-0.3, -0.25) is 0 Å². The van der Waals surface area contributed by atoms with Gasteiger partial charge < -0.3 is 14.4 Å². The fourth-order valence-corrected chi connectivity index (χ4v) is 2.90. The van der Waals surface area contributed by atoms with Gasteiger partial charge in [0.05, 0.1) is 19.2 Å². The number of aromatic nitrogens is 1. The normalized spacial score (nSPS) is 16.2. The molecule has 5 nitrogen and oxygen atoms in total. The molecule has 0 bridgehead atoms. The number of likely N-dealkylation sites (tertiary alicyclic amines) is 1. The fourth-order valence-electron chi connectivity index (χ4n) is 2.90. The lowest BCUT2D eigenvalue weighted by atomic mass is 9.98. The predicted octanol–water partition coefficient (Wildman–Crippen LogP) is 2.84. The predicted molar refractivity (Wildman–Crippen MR) is 88.7 cm³/mol. The van der Waals surface area contributed by atoms with E-state index in [0.29, 0.717) is 17.4 Å². The maximum atomic E-state index is 9.11. The van der Waals surface area contributed by atoms with Crippen molar-refractivity contribution in [1.82, 2.24) is 9.88 Å². The van der Waals surface area contributed by atoms with Crippen molar-refractivity contribution in [1.29, 1.82) is 5.26 Å². The molecule has 1 fully saturated rings. The average Bonchev–Trinajstić information content (AvgIpc) is 2.59. The summed E-state index contributed by atoms with van der Waals surface area (Å²) in [5.41, 5.74) is 1.22. The minimum absolute atomic E-state index is 0.354. The number of benzene rings is 1. The summed E-state index contributed by atoms with van der Waals surface area (Å²) >= 11 is 0. The molecule has 0 radical (unpaired) electrons. The molecule has 23 heavy (non-hydrogen) atoms. The minimum atomic E-state index is 0.354. The summed E-state index contributed by atoms with van der Waals surface area (Å²) in [5.74, 6) is 1.79. The van der Waals surface area contributed by atoms with Gasteiger partial charge in [0.25, 0.3) is 0 Å². The van der Waals surface area contributed by atoms with Crippen molar-refractivity contribution in [3.63, 3.8) is 0 Å². The van der Waals surface area contributed by atoms with Crippen LogP contribution in [0.25, 0.3) is 10.9 Å². The van der Waals surface area contributed by atoms with Crippen LogP contribution in [0.15, 0.2) is 24.3 Å². The van der Waals surface area contributed by atoms with Gasteiger partial charge in [-0.25, -0.2) is 4.98 Å². The van der Waals surface area contributed by atoms with Gasteiger partial charge in [-0.15, -0.1) is 0 Å². The van der Waals surface area contributed by atoms with Crippen molar-refractivity contribution >= 4 is 10.9 Å². The molecule has 0 unspecified atom stereocenters. The Balaban J connectivity index is 1.73. The van der Waals surface area contributed by atoms with E-state index in [2.05, 4.69) is 23.0 Å². The SMILES string of the molecule is COc1nc2cc(OCC3CCN(C)CC3)ccc2cc1C#N. The summed E-state index contributed by atoms with van der Waals surface area (Å²) in [6.45, 7) is 3.02. The molecule has 0 amide bonds. The average molecular weight is 311 g/mol. The Morgan fingerprint density at radius 2 is 2.09 bits per heavy atom. The molecule has 0 aliphatic carbocycles. The second-order valence-electron chi connectivity index (χ2n) is 6.07. The van der Waals surface area contributed by atoms with E-state index in [-0.39, 0.29) is 0 Å². The molecule has 5 heteroatoms. The van der Waals surface area contributed by atoms with Gasteiger partial charge in [0.15, 0.2) is 0 Å². The van der Waals surface area contributed by atoms with E-state index >= 15 is 0 Å². The highest BCUT2D eigenvalue weighted by atomic mass is 16.5. The number of fused-ring (bicyclic) bond motifs is 1. The third-order valence-corrected chi connectivity index (χ3v) is 4.39. The van der Waals surface area contributed by atoms with Gasteiger partial charge in [0.1, 0.15) is 17.4 Å². The topological polar surface area (TPSA) is 58.4 Å². The number of nitriles is 1. The molecule has 0 saturated carbocycles. The van der Waals surface area contributed by atoms with Crippen LogP contribution < -0.4 is 9.47 Å². The molecule has 1 saturated heterocycles. The molecule has 3 rings (SSSR count). The molecule has 2 aromatic rings. The van der Waals surface area contributed by atoms with E-state index in [1.807, 2.05) is 18.2 Å². The zero-order valence-electron chi connectivity index (χ0n) is 13.6. The summed E-state index contributed by atoms with van der Waals surface area (Å²) in [6, 6.07) is 9.68. The smallest absolute Gasteiger partial charge is 0.231 e. The highest BCUT2D eigenvalue weighted by molar-refractivity contribution is 5.82. The number of nitrogens with zero attached hydrogens (tertiary/aromatic N) is 3. The van der Waals surface area contributed by atoms with E-state index in [1.165, 1.54) is 20.0 Å². The summed E-state index contributed by atoms with van der Waals surface area (Å²) in [6.07, 6.45) is 2.36. The van der Waals surface area contributed by atoms with Crippen LogP contribution in [0.5, 0.6) is 11.6 Å². The molecule has 0 N–H and O–H groups in total. The van der Waals surface area contributed by atoms with E-state index in [9.17, 15) is 0 Å². The van der Waals surface area contributed by atoms with Gasteiger partial charge in [-0.1, -0.05) is 0 Å². The molecule has 1 aliphatic heterocycles. The van der Waals surface area contributed by atoms with E-state index in [0.717, 1.165) is 36.3 Å². The number of hydrogen-bond acceptors (Lipinski definition) is 5. The summed E-state index contributed by atoms with van der Waals surface area (Å²) in [7, 11) is 3.68. The van der Waals surface area contributed by atoms with Gasteiger partial charge in [-0.05, 0) is 57.1 Å². The first kappa shape index (κ1) is 15.6. The lowest BCUT2D eigenvalue weighted by Gasteiger charge is -2.28. The van der Waals surface area contributed by atoms with Crippen LogP contribution in [0.3, 0.4) is 0 Å². The first-order chi connectivity index (χ1) is 11.2. The molecule has 1 aromatic heterocycles. The Hall–Kier alpha value is -2.32. The standard InChI is InChI=1S/C18H21N3O2/c1-21-7-5-13(6-8-21)12-23-16-4-3-14-9-15(11-19)18(22-2)20-17(14)10-16/h3-4,9-10,13H,5-8,12H2,1-2H3. The van der Waals surface area contributed by atoms with Crippen LogP contribution in [-0.4, -0.2) is 43.7 Å². The number of hydrogen-bond donors (Lipinski definition) is 0.